The molecule has 0 fully saturated rings. The van der Waals surface area contributed by atoms with E-state index in [1.54, 1.807) is 7.05 Å². The number of hydrogen-bond donors (Lipinski definition) is 2. The molecule has 2 aromatic heterocycles. The number of ether oxygens (including phenoxy) is 1. The van der Waals surface area contributed by atoms with E-state index in [1.165, 1.54) is 4.57 Å². The fourth-order valence-electron chi connectivity index (χ4n) is 2.81. The zero-order valence-corrected chi connectivity index (χ0v) is 15.9. The van der Waals surface area contributed by atoms with Crippen LogP contribution < -0.4 is 21.3 Å². The largest absolute Gasteiger partial charge is 0.494 e. The summed E-state index contributed by atoms with van der Waals surface area (Å²) in [7, 11) is 1.60. The van der Waals surface area contributed by atoms with E-state index in [2.05, 4.69) is 29.1 Å². The lowest BCUT2D eigenvalue weighted by molar-refractivity contribution is 0.303. The molecule has 3 aromatic rings. The number of hydrogen-bond acceptors (Lipinski definition) is 5. The standard InChI is InChI=1S/C19H25N5O3/c1-13(2)12-20-18-21-16-15(17(25)22-19(26)23(16)3)24(18)10-7-11-27-14-8-5-4-6-9-14/h4-6,8-9,13H,7,10-12H2,1-3H3,(H,20,21)(H,22,25,26). The van der Waals surface area contributed by atoms with Crippen molar-refractivity contribution >= 4 is 17.1 Å². The van der Waals surface area contributed by atoms with E-state index in [0.717, 1.165) is 12.3 Å². The highest BCUT2D eigenvalue weighted by molar-refractivity contribution is 5.74. The van der Waals surface area contributed by atoms with Gasteiger partial charge in [0.05, 0.1) is 6.61 Å². The molecule has 0 unspecified atom stereocenters. The predicted molar refractivity (Wildman–Crippen MR) is 105 cm³/mol. The van der Waals surface area contributed by atoms with E-state index in [4.69, 9.17) is 4.74 Å². The summed E-state index contributed by atoms with van der Waals surface area (Å²) in [6.07, 6.45) is 0.693. The van der Waals surface area contributed by atoms with Crippen molar-refractivity contribution in [2.24, 2.45) is 13.0 Å². The zero-order valence-electron chi connectivity index (χ0n) is 15.9. The monoisotopic (exact) mass is 371 g/mol. The molecule has 0 saturated carbocycles. The molecule has 27 heavy (non-hydrogen) atoms. The summed E-state index contributed by atoms with van der Waals surface area (Å²) in [6.45, 7) is 5.96. The second-order valence-corrected chi connectivity index (χ2v) is 6.87. The number of imidazole rings is 1. The molecule has 144 valence electrons. The molecule has 0 saturated heterocycles. The number of fused-ring (bicyclic) bond motifs is 1. The van der Waals surface area contributed by atoms with E-state index < -0.39 is 11.2 Å². The Hall–Kier alpha value is -3.03. The van der Waals surface area contributed by atoms with Gasteiger partial charge in [0, 0.05) is 20.1 Å². The molecule has 8 heteroatoms. The molecule has 0 aliphatic heterocycles. The summed E-state index contributed by atoms with van der Waals surface area (Å²) in [5, 5.41) is 3.28. The van der Waals surface area contributed by atoms with Crippen molar-refractivity contribution in [2.75, 3.05) is 18.5 Å². The van der Waals surface area contributed by atoms with Crippen molar-refractivity contribution in [1.29, 1.82) is 0 Å². The minimum absolute atomic E-state index is 0.374. The minimum Gasteiger partial charge on any atom is -0.494 e. The van der Waals surface area contributed by atoms with Crippen molar-refractivity contribution in [3.05, 3.63) is 51.2 Å². The number of nitrogens with zero attached hydrogens (tertiary/aromatic N) is 3. The van der Waals surface area contributed by atoms with Gasteiger partial charge in [-0.25, -0.2) is 4.79 Å². The van der Waals surface area contributed by atoms with Gasteiger partial charge in [-0.2, -0.15) is 4.98 Å². The first kappa shape index (κ1) is 18.8. The van der Waals surface area contributed by atoms with Crippen LogP contribution in [0.2, 0.25) is 0 Å². The van der Waals surface area contributed by atoms with Crippen LogP contribution in [-0.2, 0) is 13.6 Å². The fourth-order valence-corrected chi connectivity index (χ4v) is 2.81. The first-order valence-electron chi connectivity index (χ1n) is 9.08. The van der Waals surface area contributed by atoms with E-state index in [9.17, 15) is 9.59 Å². The van der Waals surface area contributed by atoms with Crippen molar-refractivity contribution in [3.8, 4) is 5.75 Å². The van der Waals surface area contributed by atoms with Crippen LogP contribution in [-0.4, -0.2) is 32.3 Å². The minimum atomic E-state index is -0.472. The summed E-state index contributed by atoms with van der Waals surface area (Å²) < 4.78 is 8.91. The van der Waals surface area contributed by atoms with Crippen LogP contribution in [0, 0.1) is 5.92 Å². The van der Waals surface area contributed by atoms with Crippen LogP contribution in [0.5, 0.6) is 5.75 Å². The summed E-state index contributed by atoms with van der Waals surface area (Å²) in [4.78, 5) is 31.1. The lowest BCUT2D eigenvalue weighted by Crippen LogP contribution is -2.29. The van der Waals surface area contributed by atoms with Crippen LogP contribution in [0.15, 0.2) is 39.9 Å². The lowest BCUT2D eigenvalue weighted by atomic mass is 10.2. The Labute approximate surface area is 156 Å². The molecular formula is C19H25N5O3. The summed E-state index contributed by atoms with van der Waals surface area (Å²) >= 11 is 0. The van der Waals surface area contributed by atoms with Crippen LogP contribution in [0.1, 0.15) is 20.3 Å². The molecule has 0 atom stereocenters. The Balaban J connectivity index is 1.84. The van der Waals surface area contributed by atoms with E-state index in [1.807, 2.05) is 34.9 Å². The van der Waals surface area contributed by atoms with Gasteiger partial charge in [0.15, 0.2) is 11.2 Å². The number of H-pyrrole nitrogens is 1. The molecule has 3 rings (SSSR count). The van der Waals surface area contributed by atoms with Gasteiger partial charge in [0.1, 0.15) is 5.75 Å². The molecule has 2 N–H and O–H groups in total. The molecular weight excluding hydrogens is 346 g/mol. The molecule has 0 amide bonds. The molecule has 1 aromatic carbocycles. The number of aromatic nitrogens is 4. The van der Waals surface area contributed by atoms with Crippen LogP contribution in [0.4, 0.5) is 5.95 Å². The summed E-state index contributed by atoms with van der Waals surface area (Å²) in [5.74, 6) is 1.82. The highest BCUT2D eigenvalue weighted by Crippen LogP contribution is 2.17. The third-order valence-corrected chi connectivity index (χ3v) is 4.21. The molecule has 0 spiro atoms. The first-order valence-corrected chi connectivity index (χ1v) is 9.08. The zero-order chi connectivity index (χ0) is 19.4. The highest BCUT2D eigenvalue weighted by Gasteiger charge is 2.17. The Morgan fingerprint density at radius 3 is 2.67 bits per heavy atom. The van der Waals surface area contributed by atoms with E-state index in [-0.39, 0.29) is 0 Å². The topological polar surface area (TPSA) is 93.9 Å². The van der Waals surface area contributed by atoms with Gasteiger partial charge >= 0.3 is 5.69 Å². The highest BCUT2D eigenvalue weighted by atomic mass is 16.5. The smallest absolute Gasteiger partial charge is 0.329 e. The van der Waals surface area contributed by atoms with Gasteiger partial charge in [-0.3, -0.25) is 14.3 Å². The maximum Gasteiger partial charge on any atom is 0.329 e. The Kier molecular flexibility index (Phi) is 5.63. The Bertz CT molecular complexity index is 1020. The quantitative estimate of drug-likeness (QED) is 0.591. The number of aryl methyl sites for hydroxylation is 2. The third-order valence-electron chi connectivity index (χ3n) is 4.21. The van der Waals surface area contributed by atoms with Crippen molar-refractivity contribution in [2.45, 2.75) is 26.8 Å². The van der Waals surface area contributed by atoms with Gasteiger partial charge < -0.3 is 14.6 Å². The number of benzene rings is 1. The van der Waals surface area contributed by atoms with Gasteiger partial charge in [0.25, 0.3) is 5.56 Å². The van der Waals surface area contributed by atoms with Crippen LogP contribution in [0.3, 0.4) is 0 Å². The van der Waals surface area contributed by atoms with E-state index in [0.29, 0.717) is 42.6 Å². The second kappa shape index (κ2) is 8.11. The number of aromatic amines is 1. The van der Waals surface area contributed by atoms with Gasteiger partial charge in [0.2, 0.25) is 5.95 Å². The molecule has 0 bridgehead atoms. The third kappa shape index (κ3) is 4.21. The van der Waals surface area contributed by atoms with E-state index >= 15 is 0 Å². The fraction of sp³-hybridized carbons (Fsp3) is 0.421. The maximum absolute atomic E-state index is 12.4. The van der Waals surface area contributed by atoms with Gasteiger partial charge in [-0.05, 0) is 24.5 Å². The van der Waals surface area contributed by atoms with Crippen molar-refractivity contribution in [1.82, 2.24) is 19.1 Å². The molecule has 0 radical (unpaired) electrons. The first-order chi connectivity index (χ1) is 13.0. The Morgan fingerprint density at radius 1 is 1.22 bits per heavy atom. The summed E-state index contributed by atoms with van der Waals surface area (Å²) in [6, 6.07) is 9.60. The van der Waals surface area contributed by atoms with Gasteiger partial charge in [-0.1, -0.05) is 32.0 Å². The SMILES string of the molecule is CC(C)CNc1nc2c(c(=O)[nH]c(=O)n2C)n1CCCOc1ccccc1. The maximum atomic E-state index is 12.4. The van der Waals surface area contributed by atoms with Crippen molar-refractivity contribution < 1.29 is 4.74 Å². The number of rotatable bonds is 8. The van der Waals surface area contributed by atoms with Crippen LogP contribution in [0.25, 0.3) is 11.2 Å². The molecule has 8 nitrogen and oxygen atoms in total. The van der Waals surface area contributed by atoms with Crippen molar-refractivity contribution in [3.63, 3.8) is 0 Å². The predicted octanol–water partition coefficient (Wildman–Crippen LogP) is 1.96. The van der Waals surface area contributed by atoms with Crippen LogP contribution >= 0.6 is 0 Å². The molecule has 2 heterocycles. The number of para-hydroxylation sites is 1. The number of nitrogens with one attached hydrogen (secondary N) is 2. The molecule has 0 aliphatic rings. The normalized spacial score (nSPS) is 11.3. The average molecular weight is 371 g/mol. The lowest BCUT2D eigenvalue weighted by Gasteiger charge is -2.12. The second-order valence-electron chi connectivity index (χ2n) is 6.87. The number of anilines is 1. The van der Waals surface area contributed by atoms with Gasteiger partial charge in [-0.15, -0.1) is 0 Å². The average Bonchev–Trinajstić information content (AvgIpc) is 3.02. The summed E-state index contributed by atoms with van der Waals surface area (Å²) in [5.41, 5.74) is -0.135. The molecule has 0 aliphatic carbocycles. The Morgan fingerprint density at radius 2 is 1.96 bits per heavy atom.